The van der Waals surface area contributed by atoms with E-state index in [1.165, 1.54) is 15.6 Å². The Kier molecular flexibility index (Phi) is 4.09. The fourth-order valence-corrected chi connectivity index (χ4v) is 2.76. The van der Waals surface area contributed by atoms with Gasteiger partial charge in [-0.15, -0.1) is 11.3 Å². The molecule has 12 heavy (non-hydrogen) atoms. The molecule has 0 aliphatic heterocycles. The van der Waals surface area contributed by atoms with E-state index in [0.717, 1.165) is 11.7 Å². The van der Waals surface area contributed by atoms with Gasteiger partial charge in [-0.3, -0.25) is 0 Å². The highest BCUT2D eigenvalue weighted by Gasteiger charge is 1.99. The molecular weight excluding hydrogens is 186 g/mol. The monoisotopic (exact) mass is 201 g/mol. The first-order valence-corrected chi connectivity index (χ1v) is 6.14. The van der Waals surface area contributed by atoms with Crippen LogP contribution in [0, 0.1) is 12.8 Å². The zero-order valence-electron chi connectivity index (χ0n) is 7.83. The summed E-state index contributed by atoms with van der Waals surface area (Å²) in [5.41, 5.74) is 0. The van der Waals surface area contributed by atoms with Crippen LogP contribution in [0.3, 0.4) is 0 Å². The maximum Gasteiger partial charge on any atom is 0.103 e. The van der Waals surface area contributed by atoms with E-state index in [1.807, 2.05) is 29.3 Å². The van der Waals surface area contributed by atoms with Gasteiger partial charge in [0, 0.05) is 16.8 Å². The van der Waals surface area contributed by atoms with Gasteiger partial charge >= 0.3 is 0 Å². The molecule has 0 radical (unpaired) electrons. The third kappa shape index (κ3) is 3.59. The molecule has 0 amide bonds. The molecule has 0 spiro atoms. The maximum absolute atomic E-state index is 4.31. The number of hydrogen-bond acceptors (Lipinski definition) is 3. The molecule has 3 heteroatoms. The smallest absolute Gasteiger partial charge is 0.103 e. The van der Waals surface area contributed by atoms with Gasteiger partial charge in [-0.05, 0) is 18.6 Å². The third-order valence-corrected chi connectivity index (χ3v) is 3.82. The van der Waals surface area contributed by atoms with Crippen molar-refractivity contribution in [3.05, 3.63) is 16.1 Å². The minimum Gasteiger partial charge on any atom is -0.249 e. The fraction of sp³-hybridized carbons (Fsp3) is 0.667. The fourth-order valence-electron chi connectivity index (χ4n) is 0.850. The minimum absolute atomic E-state index is 0.788. The van der Waals surface area contributed by atoms with Crippen molar-refractivity contribution in [1.82, 2.24) is 4.98 Å². The molecule has 0 saturated carbocycles. The Bertz CT molecular complexity index is 230. The molecule has 0 bridgehead atoms. The Morgan fingerprint density at radius 1 is 1.58 bits per heavy atom. The summed E-state index contributed by atoms with van der Waals surface area (Å²) in [5, 5.41) is 1.26. The van der Waals surface area contributed by atoms with Crippen LogP contribution >= 0.6 is 23.1 Å². The van der Waals surface area contributed by atoms with Crippen molar-refractivity contribution >= 4 is 23.1 Å². The Balaban J connectivity index is 2.24. The molecule has 1 rings (SSSR count). The zero-order chi connectivity index (χ0) is 8.97. The number of thiazole rings is 1. The van der Waals surface area contributed by atoms with E-state index in [2.05, 4.69) is 25.8 Å². The van der Waals surface area contributed by atoms with Crippen LogP contribution in [0.2, 0.25) is 0 Å². The molecule has 1 aromatic heterocycles. The van der Waals surface area contributed by atoms with E-state index in [4.69, 9.17) is 0 Å². The minimum atomic E-state index is 0.788. The predicted molar refractivity (Wildman–Crippen MR) is 57.9 cm³/mol. The molecule has 0 aliphatic carbocycles. The normalized spacial score (nSPS) is 11.0. The first-order valence-electron chi connectivity index (χ1n) is 4.17. The lowest BCUT2D eigenvalue weighted by atomic mass is 10.3. The van der Waals surface area contributed by atoms with Crippen LogP contribution in [0.4, 0.5) is 0 Å². The van der Waals surface area contributed by atoms with Crippen LogP contribution in [0.5, 0.6) is 0 Å². The standard InChI is InChI=1S/C9H15NS2/c1-7(2)5-11-6-9-10-4-8(3)12-9/h4,7H,5-6H2,1-3H3. The van der Waals surface area contributed by atoms with Gasteiger partial charge in [-0.2, -0.15) is 11.8 Å². The zero-order valence-corrected chi connectivity index (χ0v) is 9.47. The van der Waals surface area contributed by atoms with Crippen LogP contribution in [0.25, 0.3) is 0 Å². The second-order valence-electron chi connectivity index (χ2n) is 3.27. The van der Waals surface area contributed by atoms with Crippen LogP contribution in [-0.4, -0.2) is 10.7 Å². The highest BCUT2D eigenvalue weighted by atomic mass is 32.2. The van der Waals surface area contributed by atoms with E-state index < -0.39 is 0 Å². The summed E-state index contributed by atoms with van der Waals surface area (Å²) in [7, 11) is 0. The van der Waals surface area contributed by atoms with E-state index in [0.29, 0.717) is 0 Å². The van der Waals surface area contributed by atoms with Crippen molar-refractivity contribution in [2.24, 2.45) is 5.92 Å². The second-order valence-corrected chi connectivity index (χ2v) is 5.62. The van der Waals surface area contributed by atoms with Crippen molar-refractivity contribution in [3.8, 4) is 0 Å². The third-order valence-electron chi connectivity index (χ3n) is 1.35. The molecular formula is C9H15NS2. The number of hydrogen-bond donors (Lipinski definition) is 0. The topological polar surface area (TPSA) is 12.9 Å². The highest BCUT2D eigenvalue weighted by molar-refractivity contribution is 7.98. The molecule has 0 N–H and O–H groups in total. The lowest BCUT2D eigenvalue weighted by Gasteiger charge is -2.01. The van der Waals surface area contributed by atoms with Crippen molar-refractivity contribution < 1.29 is 0 Å². The molecule has 1 heterocycles. The summed E-state index contributed by atoms with van der Waals surface area (Å²) < 4.78 is 0. The molecule has 0 aliphatic rings. The van der Waals surface area contributed by atoms with Crippen LogP contribution in [-0.2, 0) is 5.75 Å². The number of nitrogens with zero attached hydrogens (tertiary/aromatic N) is 1. The number of aromatic nitrogens is 1. The van der Waals surface area contributed by atoms with E-state index in [9.17, 15) is 0 Å². The predicted octanol–water partition coefficient (Wildman–Crippen LogP) is 3.34. The molecule has 1 aromatic rings. The van der Waals surface area contributed by atoms with Crippen molar-refractivity contribution in [2.45, 2.75) is 26.5 Å². The summed E-state index contributed by atoms with van der Waals surface area (Å²) in [6, 6.07) is 0. The lowest BCUT2D eigenvalue weighted by molar-refractivity contribution is 0.750. The van der Waals surface area contributed by atoms with E-state index in [1.54, 1.807) is 0 Å². The van der Waals surface area contributed by atoms with E-state index in [-0.39, 0.29) is 0 Å². The van der Waals surface area contributed by atoms with Gasteiger partial charge in [0.15, 0.2) is 0 Å². The molecule has 0 aromatic carbocycles. The first-order chi connectivity index (χ1) is 5.68. The molecule has 0 fully saturated rings. The number of aryl methyl sites for hydroxylation is 1. The van der Waals surface area contributed by atoms with Crippen LogP contribution in [0.15, 0.2) is 6.20 Å². The quantitative estimate of drug-likeness (QED) is 0.741. The van der Waals surface area contributed by atoms with E-state index >= 15 is 0 Å². The average Bonchev–Trinajstić information content (AvgIpc) is 2.35. The molecule has 68 valence electrons. The largest absolute Gasteiger partial charge is 0.249 e. The van der Waals surface area contributed by atoms with Crippen LogP contribution in [0.1, 0.15) is 23.7 Å². The Hall–Kier alpha value is -0.0200. The number of thioether (sulfide) groups is 1. The van der Waals surface area contributed by atoms with Crippen molar-refractivity contribution in [1.29, 1.82) is 0 Å². The van der Waals surface area contributed by atoms with Gasteiger partial charge in [-0.25, -0.2) is 4.98 Å². The van der Waals surface area contributed by atoms with Crippen molar-refractivity contribution in [3.63, 3.8) is 0 Å². The van der Waals surface area contributed by atoms with Gasteiger partial charge in [0.05, 0.1) is 0 Å². The summed E-state index contributed by atoms with van der Waals surface area (Å²) in [6.07, 6.45) is 1.95. The Labute approximate surface area is 82.6 Å². The van der Waals surface area contributed by atoms with Gasteiger partial charge in [0.2, 0.25) is 0 Å². The molecule has 0 saturated heterocycles. The lowest BCUT2D eigenvalue weighted by Crippen LogP contribution is -1.90. The molecule has 0 unspecified atom stereocenters. The summed E-state index contributed by atoms with van der Waals surface area (Å²) in [6.45, 7) is 6.61. The summed E-state index contributed by atoms with van der Waals surface area (Å²) >= 11 is 3.78. The highest BCUT2D eigenvalue weighted by Crippen LogP contribution is 2.19. The number of rotatable bonds is 4. The Morgan fingerprint density at radius 2 is 2.33 bits per heavy atom. The molecule has 1 nitrogen and oxygen atoms in total. The SMILES string of the molecule is Cc1cnc(CSCC(C)C)s1. The second kappa shape index (κ2) is 4.87. The maximum atomic E-state index is 4.31. The van der Waals surface area contributed by atoms with Gasteiger partial charge in [0.1, 0.15) is 5.01 Å². The Morgan fingerprint density at radius 3 is 2.83 bits per heavy atom. The first kappa shape index (κ1) is 10.1. The average molecular weight is 201 g/mol. The van der Waals surface area contributed by atoms with Gasteiger partial charge in [-0.1, -0.05) is 13.8 Å². The van der Waals surface area contributed by atoms with Gasteiger partial charge < -0.3 is 0 Å². The van der Waals surface area contributed by atoms with Crippen molar-refractivity contribution in [2.75, 3.05) is 5.75 Å². The molecule has 0 atom stereocenters. The summed E-state index contributed by atoms with van der Waals surface area (Å²) in [5.74, 6) is 3.10. The van der Waals surface area contributed by atoms with Crippen LogP contribution < -0.4 is 0 Å². The summed E-state index contributed by atoms with van der Waals surface area (Å²) in [4.78, 5) is 5.63. The van der Waals surface area contributed by atoms with Gasteiger partial charge in [0.25, 0.3) is 0 Å².